The standard InChI is InChI=1S/C16H22N8O/c1-10-14-11(4-5-17-16(14)24(3)22-10)18-8-13-19-15(21-20-13)12-9-25-7-6-23(12)2/h4-5,12H,6-9H2,1-3H3,(H,17,18)(H,19,20,21). The van der Waals surface area contributed by atoms with Gasteiger partial charge < -0.3 is 10.1 Å². The normalized spacial score (nSPS) is 18.8. The molecular formula is C16H22N8O. The molecule has 4 heterocycles. The molecule has 1 aliphatic heterocycles. The van der Waals surface area contributed by atoms with Crippen molar-refractivity contribution in [1.29, 1.82) is 0 Å². The first-order valence-electron chi connectivity index (χ1n) is 8.35. The summed E-state index contributed by atoms with van der Waals surface area (Å²) in [6, 6.07) is 2.06. The molecule has 0 radical (unpaired) electrons. The number of aromatic amines is 1. The first-order valence-corrected chi connectivity index (χ1v) is 8.35. The van der Waals surface area contributed by atoms with Crippen molar-refractivity contribution in [1.82, 2.24) is 34.8 Å². The van der Waals surface area contributed by atoms with Gasteiger partial charge in [-0.2, -0.15) is 10.2 Å². The fourth-order valence-electron chi connectivity index (χ4n) is 3.20. The number of nitrogens with zero attached hydrogens (tertiary/aromatic N) is 6. The van der Waals surface area contributed by atoms with Crippen LogP contribution in [0, 0.1) is 6.92 Å². The average molecular weight is 342 g/mol. The van der Waals surface area contributed by atoms with E-state index >= 15 is 0 Å². The van der Waals surface area contributed by atoms with Crippen molar-refractivity contribution >= 4 is 16.7 Å². The third-order valence-corrected chi connectivity index (χ3v) is 4.59. The summed E-state index contributed by atoms with van der Waals surface area (Å²) in [5, 5.41) is 16.3. The number of aryl methyl sites for hydroxylation is 2. The van der Waals surface area contributed by atoms with Crippen molar-refractivity contribution in [3.8, 4) is 0 Å². The molecular weight excluding hydrogens is 320 g/mol. The van der Waals surface area contributed by atoms with Gasteiger partial charge in [-0.1, -0.05) is 0 Å². The number of ether oxygens (including phenoxy) is 1. The molecule has 0 aromatic carbocycles. The Labute approximate surface area is 145 Å². The van der Waals surface area contributed by atoms with Gasteiger partial charge in [0.15, 0.2) is 11.5 Å². The molecule has 9 nitrogen and oxygen atoms in total. The zero-order valence-corrected chi connectivity index (χ0v) is 14.7. The van der Waals surface area contributed by atoms with Crippen LogP contribution in [-0.2, 0) is 18.3 Å². The summed E-state index contributed by atoms with van der Waals surface area (Å²) in [7, 11) is 3.97. The van der Waals surface area contributed by atoms with Crippen molar-refractivity contribution in [3.05, 3.63) is 29.6 Å². The van der Waals surface area contributed by atoms with Crippen LogP contribution >= 0.6 is 0 Å². The predicted octanol–water partition coefficient (Wildman–Crippen LogP) is 1.01. The molecule has 1 unspecified atom stereocenters. The average Bonchev–Trinajstić information content (AvgIpc) is 3.19. The summed E-state index contributed by atoms with van der Waals surface area (Å²) in [6.07, 6.45) is 1.78. The Hall–Kier alpha value is -2.52. The SMILES string of the molecule is Cc1nn(C)c2nccc(NCc3nc(C4COCCN4C)n[nH]3)c12. The molecule has 4 rings (SSSR count). The van der Waals surface area contributed by atoms with E-state index in [1.165, 1.54) is 0 Å². The summed E-state index contributed by atoms with van der Waals surface area (Å²) in [6.45, 7) is 4.82. The molecule has 3 aromatic heterocycles. The molecule has 132 valence electrons. The van der Waals surface area contributed by atoms with E-state index in [0.717, 1.165) is 47.2 Å². The van der Waals surface area contributed by atoms with E-state index in [4.69, 9.17) is 4.74 Å². The maximum atomic E-state index is 5.54. The molecule has 2 N–H and O–H groups in total. The molecule has 1 aliphatic rings. The van der Waals surface area contributed by atoms with Gasteiger partial charge in [0, 0.05) is 25.5 Å². The minimum atomic E-state index is 0.104. The van der Waals surface area contributed by atoms with Gasteiger partial charge in [-0.15, -0.1) is 0 Å². The second kappa shape index (κ2) is 6.41. The van der Waals surface area contributed by atoms with E-state index in [1.807, 2.05) is 20.0 Å². The Morgan fingerprint density at radius 1 is 1.40 bits per heavy atom. The number of hydrogen-bond acceptors (Lipinski definition) is 7. The minimum absolute atomic E-state index is 0.104. The van der Waals surface area contributed by atoms with Gasteiger partial charge in [0.1, 0.15) is 5.82 Å². The van der Waals surface area contributed by atoms with E-state index in [1.54, 1.807) is 10.9 Å². The van der Waals surface area contributed by atoms with Crippen LogP contribution < -0.4 is 5.32 Å². The number of fused-ring (bicyclic) bond motifs is 1. The Bertz CT molecular complexity index is 886. The van der Waals surface area contributed by atoms with Crippen molar-refractivity contribution in [2.45, 2.75) is 19.5 Å². The number of likely N-dealkylation sites (N-methyl/N-ethyl adjacent to an activating group) is 1. The van der Waals surface area contributed by atoms with Crippen molar-refractivity contribution in [2.24, 2.45) is 7.05 Å². The first kappa shape index (κ1) is 16.0. The molecule has 1 fully saturated rings. The molecule has 0 amide bonds. The van der Waals surface area contributed by atoms with Crippen LogP contribution in [0.15, 0.2) is 12.3 Å². The summed E-state index contributed by atoms with van der Waals surface area (Å²) in [5.74, 6) is 1.57. The summed E-state index contributed by atoms with van der Waals surface area (Å²) >= 11 is 0. The van der Waals surface area contributed by atoms with Crippen molar-refractivity contribution in [3.63, 3.8) is 0 Å². The molecule has 1 atom stereocenters. The largest absolute Gasteiger partial charge is 0.378 e. The van der Waals surface area contributed by atoms with Gasteiger partial charge in [0.25, 0.3) is 0 Å². The van der Waals surface area contributed by atoms with Crippen LogP contribution in [0.4, 0.5) is 5.69 Å². The van der Waals surface area contributed by atoms with Gasteiger partial charge in [-0.3, -0.25) is 14.7 Å². The topological polar surface area (TPSA) is 96.8 Å². The van der Waals surface area contributed by atoms with E-state index in [9.17, 15) is 0 Å². The lowest BCUT2D eigenvalue weighted by atomic mass is 10.2. The highest BCUT2D eigenvalue weighted by atomic mass is 16.5. The van der Waals surface area contributed by atoms with Crippen LogP contribution in [-0.4, -0.2) is 61.7 Å². The number of H-pyrrole nitrogens is 1. The lowest BCUT2D eigenvalue weighted by molar-refractivity contribution is 0.00194. The molecule has 0 saturated carbocycles. The first-order chi connectivity index (χ1) is 12.1. The number of hydrogen-bond donors (Lipinski definition) is 2. The van der Waals surface area contributed by atoms with Crippen molar-refractivity contribution in [2.75, 3.05) is 32.1 Å². The van der Waals surface area contributed by atoms with Crippen LogP contribution in [0.5, 0.6) is 0 Å². The maximum absolute atomic E-state index is 5.54. The summed E-state index contributed by atoms with van der Waals surface area (Å²) < 4.78 is 7.33. The van der Waals surface area contributed by atoms with Gasteiger partial charge >= 0.3 is 0 Å². The third kappa shape index (κ3) is 2.96. The summed E-state index contributed by atoms with van der Waals surface area (Å²) in [4.78, 5) is 11.2. The molecule has 25 heavy (non-hydrogen) atoms. The van der Waals surface area contributed by atoms with E-state index < -0.39 is 0 Å². The fourth-order valence-corrected chi connectivity index (χ4v) is 3.20. The monoisotopic (exact) mass is 342 g/mol. The Morgan fingerprint density at radius 2 is 2.28 bits per heavy atom. The quantitative estimate of drug-likeness (QED) is 0.730. The molecule has 0 spiro atoms. The highest BCUT2D eigenvalue weighted by Crippen LogP contribution is 2.25. The highest BCUT2D eigenvalue weighted by Gasteiger charge is 2.25. The summed E-state index contributed by atoms with van der Waals surface area (Å²) in [5.41, 5.74) is 2.81. The van der Waals surface area contributed by atoms with Crippen LogP contribution in [0.1, 0.15) is 23.4 Å². The third-order valence-electron chi connectivity index (χ3n) is 4.59. The second-order valence-electron chi connectivity index (χ2n) is 6.33. The number of nitrogens with one attached hydrogen (secondary N) is 2. The lowest BCUT2D eigenvalue weighted by Gasteiger charge is -2.30. The van der Waals surface area contributed by atoms with E-state index in [0.29, 0.717) is 13.2 Å². The minimum Gasteiger partial charge on any atom is -0.378 e. The number of aromatic nitrogens is 6. The van der Waals surface area contributed by atoms with Gasteiger partial charge in [-0.25, -0.2) is 9.97 Å². The number of pyridine rings is 1. The maximum Gasteiger partial charge on any atom is 0.170 e. The Morgan fingerprint density at radius 3 is 3.12 bits per heavy atom. The van der Waals surface area contributed by atoms with E-state index in [2.05, 4.69) is 42.5 Å². The number of anilines is 1. The lowest BCUT2D eigenvalue weighted by Crippen LogP contribution is -2.37. The number of rotatable bonds is 4. The Kier molecular flexibility index (Phi) is 4.10. The van der Waals surface area contributed by atoms with Gasteiger partial charge in [-0.05, 0) is 20.0 Å². The Balaban J connectivity index is 1.51. The van der Waals surface area contributed by atoms with E-state index in [-0.39, 0.29) is 6.04 Å². The number of morpholine rings is 1. The predicted molar refractivity (Wildman–Crippen MR) is 93.1 cm³/mol. The highest BCUT2D eigenvalue weighted by molar-refractivity contribution is 5.91. The second-order valence-corrected chi connectivity index (χ2v) is 6.33. The van der Waals surface area contributed by atoms with Crippen LogP contribution in [0.2, 0.25) is 0 Å². The van der Waals surface area contributed by atoms with Crippen LogP contribution in [0.3, 0.4) is 0 Å². The molecule has 3 aromatic rings. The smallest absolute Gasteiger partial charge is 0.170 e. The molecule has 1 saturated heterocycles. The van der Waals surface area contributed by atoms with Gasteiger partial charge in [0.2, 0.25) is 0 Å². The molecule has 0 aliphatic carbocycles. The van der Waals surface area contributed by atoms with Gasteiger partial charge in [0.05, 0.1) is 36.9 Å². The zero-order chi connectivity index (χ0) is 17.4. The van der Waals surface area contributed by atoms with Crippen molar-refractivity contribution < 1.29 is 4.74 Å². The zero-order valence-electron chi connectivity index (χ0n) is 14.7. The molecule has 0 bridgehead atoms. The molecule has 9 heteroatoms. The van der Waals surface area contributed by atoms with Crippen LogP contribution in [0.25, 0.3) is 11.0 Å². The fraction of sp³-hybridized carbons (Fsp3) is 0.500.